The quantitative estimate of drug-likeness (QED) is 0.448. The Bertz CT molecular complexity index is 1260. The molecule has 0 aliphatic carbocycles. The number of aliphatic hydroxyl groups excluding tert-OH is 1. The third kappa shape index (κ3) is 4.32. The van der Waals surface area contributed by atoms with E-state index in [2.05, 4.69) is 10.1 Å². The highest BCUT2D eigenvalue weighted by molar-refractivity contribution is 7.65. The Labute approximate surface area is 195 Å². The minimum Gasteiger partial charge on any atom is -0.509 e. The minimum atomic E-state index is -4.35. The number of nitrogens with one attached hydrogen (secondary N) is 1. The monoisotopic (exact) mass is 488 g/mol. The second-order valence-electron chi connectivity index (χ2n) is 9.15. The Morgan fingerprint density at radius 3 is 2.71 bits per heavy atom. The molecule has 1 aromatic carbocycles. The topological polar surface area (TPSA) is 168 Å². The first-order valence-electron chi connectivity index (χ1n) is 10.4. The number of rotatable bonds is 6. The molecule has 11 nitrogen and oxygen atoms in total. The number of furan rings is 1. The molecular formula is C22H25N4O7P. The fraction of sp³-hybridized carbons (Fsp3) is 0.318. The molecule has 2 amide bonds. The maximum Gasteiger partial charge on any atom is 0.346 e. The Morgan fingerprint density at radius 2 is 2.09 bits per heavy atom. The van der Waals surface area contributed by atoms with Crippen LogP contribution in [-0.4, -0.2) is 45.2 Å². The average Bonchev–Trinajstić information content (AvgIpc) is 3.32. The van der Waals surface area contributed by atoms with Gasteiger partial charge in [0.25, 0.3) is 11.8 Å². The number of nitrogens with two attached hydrogens (primary N) is 1. The maximum absolute atomic E-state index is 13.4. The van der Waals surface area contributed by atoms with Crippen molar-refractivity contribution in [2.75, 3.05) is 11.9 Å². The van der Waals surface area contributed by atoms with E-state index in [0.29, 0.717) is 0 Å². The Kier molecular flexibility index (Phi) is 5.79. The number of aliphatic hydroxyl groups is 1. The number of primary amides is 1. The van der Waals surface area contributed by atoms with E-state index in [9.17, 15) is 24.2 Å². The fourth-order valence-electron chi connectivity index (χ4n) is 4.05. The van der Waals surface area contributed by atoms with Crippen molar-refractivity contribution in [3.8, 4) is 5.75 Å². The zero-order valence-electron chi connectivity index (χ0n) is 18.8. The van der Waals surface area contributed by atoms with Gasteiger partial charge in [-0.05, 0) is 29.7 Å². The van der Waals surface area contributed by atoms with E-state index in [1.165, 1.54) is 35.6 Å². The minimum absolute atomic E-state index is 0.0635. The van der Waals surface area contributed by atoms with Crippen LogP contribution in [0.25, 0.3) is 0 Å². The molecule has 2 unspecified atom stereocenters. The van der Waals surface area contributed by atoms with E-state index in [1.54, 1.807) is 6.07 Å². The van der Waals surface area contributed by atoms with Crippen LogP contribution in [0.2, 0.25) is 0 Å². The average molecular weight is 488 g/mol. The van der Waals surface area contributed by atoms with E-state index >= 15 is 0 Å². The van der Waals surface area contributed by atoms with Gasteiger partial charge >= 0.3 is 7.52 Å². The van der Waals surface area contributed by atoms with Gasteiger partial charge in [0.15, 0.2) is 12.4 Å². The molecule has 3 heterocycles. The van der Waals surface area contributed by atoms with Crippen LogP contribution in [0.4, 0.5) is 5.69 Å². The molecule has 0 bridgehead atoms. The molecule has 0 saturated carbocycles. The molecule has 2 aliphatic rings. The zero-order valence-corrected chi connectivity index (χ0v) is 19.7. The highest BCUT2D eigenvalue weighted by Gasteiger charge is 2.48. The summed E-state index contributed by atoms with van der Waals surface area (Å²) in [6, 6.07) is 5.24. The number of benzene rings is 1. The van der Waals surface area contributed by atoms with Crippen molar-refractivity contribution in [2.45, 2.75) is 33.4 Å². The highest BCUT2D eigenvalue weighted by atomic mass is 31.2. The number of nitrogens with zero attached hydrogens (tertiary/aromatic N) is 2. The predicted molar refractivity (Wildman–Crippen MR) is 124 cm³/mol. The molecule has 2 atom stereocenters. The number of hydrogen-bond acceptors (Lipinski definition) is 7. The van der Waals surface area contributed by atoms with Gasteiger partial charge in [-0.2, -0.15) is 4.76 Å². The lowest BCUT2D eigenvalue weighted by Gasteiger charge is -2.35. The number of hydrogen-bond donors (Lipinski definition) is 4. The molecule has 180 valence electrons. The summed E-state index contributed by atoms with van der Waals surface area (Å²) < 4.78 is 27.3. The first kappa shape index (κ1) is 23.6. The molecule has 2 aromatic rings. The second-order valence-corrected chi connectivity index (χ2v) is 10.9. The van der Waals surface area contributed by atoms with Crippen molar-refractivity contribution in [1.29, 1.82) is 0 Å². The van der Waals surface area contributed by atoms with Gasteiger partial charge < -0.3 is 35.1 Å². The number of amidine groups is 1. The van der Waals surface area contributed by atoms with Crippen LogP contribution in [-0.2, 0) is 20.7 Å². The summed E-state index contributed by atoms with van der Waals surface area (Å²) in [5.41, 5.74) is 5.30. The van der Waals surface area contributed by atoms with Crippen molar-refractivity contribution < 1.29 is 33.3 Å². The summed E-state index contributed by atoms with van der Waals surface area (Å²) in [6.07, 6.45) is 3.00. The lowest BCUT2D eigenvalue weighted by Crippen LogP contribution is -2.43. The maximum atomic E-state index is 13.4. The van der Waals surface area contributed by atoms with E-state index in [0.717, 1.165) is 5.56 Å². The van der Waals surface area contributed by atoms with E-state index in [-0.39, 0.29) is 40.5 Å². The summed E-state index contributed by atoms with van der Waals surface area (Å²) in [5.74, 6) is -1.51. The van der Waals surface area contributed by atoms with Gasteiger partial charge in [-0.3, -0.25) is 14.2 Å². The van der Waals surface area contributed by atoms with E-state index in [4.69, 9.17) is 14.9 Å². The smallest absolute Gasteiger partial charge is 0.346 e. The third-order valence-corrected chi connectivity index (χ3v) is 6.91. The van der Waals surface area contributed by atoms with Crippen molar-refractivity contribution in [3.63, 3.8) is 0 Å². The van der Waals surface area contributed by atoms with Gasteiger partial charge in [-0.1, -0.05) is 20.8 Å². The van der Waals surface area contributed by atoms with E-state index in [1.807, 2.05) is 20.8 Å². The molecule has 5 N–H and O–H groups in total. The van der Waals surface area contributed by atoms with Gasteiger partial charge in [0, 0.05) is 12.1 Å². The summed E-state index contributed by atoms with van der Waals surface area (Å²) in [4.78, 5) is 36.6. The molecule has 0 saturated heterocycles. The van der Waals surface area contributed by atoms with Gasteiger partial charge in [0.1, 0.15) is 17.1 Å². The molecule has 0 fully saturated rings. The summed E-state index contributed by atoms with van der Waals surface area (Å²) in [7, 11) is -4.35. The third-order valence-electron chi connectivity index (χ3n) is 5.44. The number of ether oxygens (including phenoxy) is 1. The molecule has 4 rings (SSSR count). The number of amides is 2. The van der Waals surface area contributed by atoms with Crippen molar-refractivity contribution in [1.82, 2.24) is 4.90 Å². The number of carbonyl (C=O) groups excluding carboxylic acids is 2. The van der Waals surface area contributed by atoms with Gasteiger partial charge in [0.05, 0.1) is 29.6 Å². The van der Waals surface area contributed by atoms with Crippen LogP contribution in [0.3, 0.4) is 0 Å². The van der Waals surface area contributed by atoms with Crippen LogP contribution in [0, 0.1) is 5.41 Å². The number of anilines is 1. The lowest BCUT2D eigenvalue weighted by molar-refractivity contribution is -0.129. The van der Waals surface area contributed by atoms with Crippen LogP contribution in [0.15, 0.2) is 57.3 Å². The summed E-state index contributed by atoms with van der Waals surface area (Å²) in [5, 5.41) is 14.0. The van der Waals surface area contributed by atoms with Crippen molar-refractivity contribution >= 4 is 36.2 Å². The standard InChI is InChI=1S/C22H25N4O7P/c1-22(2,3)19-18(28)17(21(29)26(19)9-12-6-7-32-10-12)20-24-14-5-4-13(33-11-16(23)27)8-15(14)34(30,31)25-20/h4-8,10,19,28H,9,11H2,1-3H3,(H2,23,27)(H2,24,25,30,31). The van der Waals surface area contributed by atoms with Crippen molar-refractivity contribution in [2.24, 2.45) is 15.9 Å². The van der Waals surface area contributed by atoms with Gasteiger partial charge in [0.2, 0.25) is 0 Å². The highest BCUT2D eigenvalue weighted by Crippen LogP contribution is 2.48. The molecule has 0 radical (unpaired) electrons. The number of carbonyl (C=O) groups is 2. The van der Waals surface area contributed by atoms with Crippen LogP contribution in [0.5, 0.6) is 5.75 Å². The first-order chi connectivity index (χ1) is 15.9. The Balaban J connectivity index is 1.71. The molecular weight excluding hydrogens is 463 g/mol. The fourth-order valence-corrected chi connectivity index (χ4v) is 5.32. The molecule has 2 aliphatic heterocycles. The predicted octanol–water partition coefficient (Wildman–Crippen LogP) is 2.05. The van der Waals surface area contributed by atoms with Gasteiger partial charge in [-0.25, -0.2) is 0 Å². The molecule has 1 aromatic heterocycles. The van der Waals surface area contributed by atoms with E-state index < -0.39 is 37.4 Å². The van der Waals surface area contributed by atoms with Crippen LogP contribution < -0.4 is 21.1 Å². The summed E-state index contributed by atoms with van der Waals surface area (Å²) in [6.45, 7) is 5.41. The Morgan fingerprint density at radius 1 is 1.35 bits per heavy atom. The van der Waals surface area contributed by atoms with Crippen LogP contribution in [0.1, 0.15) is 26.3 Å². The van der Waals surface area contributed by atoms with Crippen molar-refractivity contribution in [3.05, 3.63) is 53.7 Å². The van der Waals surface area contributed by atoms with Crippen LogP contribution >= 0.6 is 7.52 Å². The van der Waals surface area contributed by atoms with Gasteiger partial charge in [-0.15, -0.1) is 0 Å². The Hall–Kier alpha value is -3.56. The largest absolute Gasteiger partial charge is 0.509 e. The molecule has 0 spiro atoms. The molecule has 12 heteroatoms. The molecule has 34 heavy (non-hydrogen) atoms. The first-order valence-corrected chi connectivity index (χ1v) is 12.0. The lowest BCUT2D eigenvalue weighted by atomic mass is 9.85. The zero-order chi connectivity index (χ0) is 24.8. The number of fused-ring (bicyclic) bond motifs is 1. The SMILES string of the molecule is CC(C)(C)C1C(O)=C(C2=NP(=O)(O)c3cc(OCC(N)=O)ccc3N2)C(=O)N1Cc1ccoc1. The summed E-state index contributed by atoms with van der Waals surface area (Å²) >= 11 is 0. The second kappa shape index (κ2) is 8.34. The normalized spacial score (nSPS) is 22.4.